The lowest BCUT2D eigenvalue weighted by Crippen LogP contribution is -2.05. The van der Waals surface area contributed by atoms with Gasteiger partial charge >= 0.3 is 0 Å². The molecule has 0 aliphatic carbocycles. The molecule has 0 amide bonds. The van der Waals surface area contributed by atoms with E-state index < -0.39 is 15.7 Å². The highest BCUT2D eigenvalue weighted by Gasteiger charge is 2.22. The number of hydrogen-bond acceptors (Lipinski definition) is 6. The van der Waals surface area contributed by atoms with Gasteiger partial charge in [-0.05, 0) is 18.2 Å². The van der Waals surface area contributed by atoms with E-state index in [-0.39, 0.29) is 16.6 Å². The standard InChI is InChI=1S/C18H14FN5O2S/c1-27(25,26)18-21-15(11-6-3-2-4-7-11)14-16(20)24(23-17(14)22-18)13-9-5-8-12(19)10-13/h2-10H,20H2,1H3. The van der Waals surface area contributed by atoms with Crippen LogP contribution in [0.1, 0.15) is 0 Å². The number of sulfone groups is 1. The summed E-state index contributed by atoms with van der Waals surface area (Å²) in [5.41, 5.74) is 7.79. The number of halogens is 1. The van der Waals surface area contributed by atoms with Crippen LogP contribution < -0.4 is 5.73 Å². The maximum Gasteiger partial charge on any atom is 0.249 e. The van der Waals surface area contributed by atoms with Gasteiger partial charge in [0.05, 0.1) is 16.8 Å². The van der Waals surface area contributed by atoms with Gasteiger partial charge < -0.3 is 5.73 Å². The van der Waals surface area contributed by atoms with Crippen LogP contribution in [0.15, 0.2) is 59.8 Å². The molecule has 0 aliphatic rings. The van der Waals surface area contributed by atoms with E-state index in [4.69, 9.17) is 5.73 Å². The molecule has 2 heterocycles. The molecule has 0 saturated carbocycles. The zero-order chi connectivity index (χ0) is 19.2. The van der Waals surface area contributed by atoms with Gasteiger partial charge in [-0.1, -0.05) is 36.4 Å². The van der Waals surface area contributed by atoms with Crippen molar-refractivity contribution in [1.82, 2.24) is 19.7 Å². The van der Waals surface area contributed by atoms with E-state index in [2.05, 4.69) is 15.1 Å². The first-order valence-corrected chi connectivity index (χ1v) is 9.81. The summed E-state index contributed by atoms with van der Waals surface area (Å²) in [6.45, 7) is 0. The number of nitrogens with zero attached hydrogens (tertiary/aromatic N) is 4. The number of nitrogen functional groups attached to an aromatic ring is 1. The molecule has 136 valence electrons. The minimum atomic E-state index is -3.67. The fourth-order valence-corrected chi connectivity index (χ4v) is 3.28. The molecule has 0 spiro atoms. The van der Waals surface area contributed by atoms with Crippen molar-refractivity contribution in [3.8, 4) is 16.9 Å². The van der Waals surface area contributed by atoms with Crippen LogP contribution >= 0.6 is 0 Å². The summed E-state index contributed by atoms with van der Waals surface area (Å²) in [7, 11) is -3.67. The van der Waals surface area contributed by atoms with Crippen LogP contribution in [0.25, 0.3) is 28.0 Å². The van der Waals surface area contributed by atoms with Crippen molar-refractivity contribution in [3.63, 3.8) is 0 Å². The van der Waals surface area contributed by atoms with Crippen LogP contribution in [0.3, 0.4) is 0 Å². The Bertz CT molecular complexity index is 1270. The average molecular weight is 383 g/mol. The number of aromatic nitrogens is 4. The fraction of sp³-hybridized carbons (Fsp3) is 0.0556. The Kier molecular flexibility index (Phi) is 3.88. The molecular weight excluding hydrogens is 369 g/mol. The zero-order valence-electron chi connectivity index (χ0n) is 14.2. The van der Waals surface area contributed by atoms with Crippen LogP contribution in [0.5, 0.6) is 0 Å². The smallest absolute Gasteiger partial charge is 0.249 e. The number of nitrogens with two attached hydrogens (primary N) is 1. The van der Waals surface area contributed by atoms with Gasteiger partial charge in [0.15, 0.2) is 5.65 Å². The monoisotopic (exact) mass is 383 g/mol. The summed E-state index contributed by atoms with van der Waals surface area (Å²) in [5.74, 6) is -0.257. The number of rotatable bonds is 3. The summed E-state index contributed by atoms with van der Waals surface area (Å²) < 4.78 is 39.0. The van der Waals surface area contributed by atoms with E-state index in [1.54, 1.807) is 30.3 Å². The lowest BCUT2D eigenvalue weighted by molar-refractivity contribution is 0.593. The predicted molar refractivity (Wildman–Crippen MR) is 99.6 cm³/mol. The summed E-state index contributed by atoms with van der Waals surface area (Å²) in [6.07, 6.45) is 1.02. The van der Waals surface area contributed by atoms with Crippen molar-refractivity contribution in [2.75, 3.05) is 12.0 Å². The van der Waals surface area contributed by atoms with Gasteiger partial charge in [-0.3, -0.25) is 0 Å². The second-order valence-electron chi connectivity index (χ2n) is 5.97. The van der Waals surface area contributed by atoms with Crippen LogP contribution in [0.2, 0.25) is 0 Å². The van der Waals surface area contributed by atoms with Crippen molar-refractivity contribution in [2.24, 2.45) is 0 Å². The number of hydrogen-bond donors (Lipinski definition) is 1. The normalized spacial score (nSPS) is 11.8. The highest BCUT2D eigenvalue weighted by Crippen LogP contribution is 2.32. The molecule has 9 heteroatoms. The summed E-state index contributed by atoms with van der Waals surface area (Å²) in [5, 5.41) is 4.34. The molecule has 0 aliphatic heterocycles. The predicted octanol–water partition coefficient (Wildman–Crippen LogP) is 2.61. The molecule has 0 unspecified atom stereocenters. The quantitative estimate of drug-likeness (QED) is 0.546. The van der Waals surface area contributed by atoms with Crippen LogP contribution in [-0.4, -0.2) is 34.4 Å². The Hall–Kier alpha value is -3.33. The van der Waals surface area contributed by atoms with Gasteiger partial charge in [0.1, 0.15) is 11.6 Å². The highest BCUT2D eigenvalue weighted by atomic mass is 32.2. The number of fused-ring (bicyclic) bond motifs is 1. The Labute approximate surface area is 154 Å². The molecule has 4 aromatic rings. The van der Waals surface area contributed by atoms with Gasteiger partial charge in [-0.2, -0.15) is 4.98 Å². The maximum absolute atomic E-state index is 13.6. The van der Waals surface area contributed by atoms with E-state index >= 15 is 0 Å². The molecule has 0 bridgehead atoms. The van der Waals surface area contributed by atoms with Gasteiger partial charge in [0, 0.05) is 11.8 Å². The first kappa shape index (κ1) is 17.1. The van der Waals surface area contributed by atoms with Crippen LogP contribution in [0.4, 0.5) is 10.2 Å². The molecule has 0 fully saturated rings. The first-order chi connectivity index (χ1) is 12.8. The lowest BCUT2D eigenvalue weighted by atomic mass is 10.1. The fourth-order valence-electron chi connectivity index (χ4n) is 2.77. The topological polar surface area (TPSA) is 104 Å². The summed E-state index contributed by atoms with van der Waals surface area (Å²) in [6, 6.07) is 14.8. The molecule has 0 atom stereocenters. The van der Waals surface area contributed by atoms with Crippen molar-refractivity contribution >= 4 is 26.7 Å². The second-order valence-corrected chi connectivity index (χ2v) is 7.88. The van der Waals surface area contributed by atoms with Crippen molar-refractivity contribution in [1.29, 1.82) is 0 Å². The summed E-state index contributed by atoms with van der Waals surface area (Å²) >= 11 is 0. The van der Waals surface area contributed by atoms with Crippen molar-refractivity contribution in [3.05, 3.63) is 60.4 Å². The Morgan fingerprint density at radius 2 is 1.78 bits per heavy atom. The summed E-state index contributed by atoms with van der Waals surface area (Å²) in [4.78, 5) is 8.28. The first-order valence-electron chi connectivity index (χ1n) is 7.92. The number of benzene rings is 2. The van der Waals surface area contributed by atoms with E-state index in [0.29, 0.717) is 22.3 Å². The molecule has 2 N–H and O–H groups in total. The Morgan fingerprint density at radius 3 is 2.44 bits per heavy atom. The van der Waals surface area contributed by atoms with Gasteiger partial charge in [0.2, 0.25) is 15.0 Å². The van der Waals surface area contributed by atoms with E-state index in [9.17, 15) is 12.8 Å². The zero-order valence-corrected chi connectivity index (χ0v) is 15.0. The maximum atomic E-state index is 13.6. The Morgan fingerprint density at radius 1 is 1.04 bits per heavy atom. The van der Waals surface area contributed by atoms with Gasteiger partial charge in [0.25, 0.3) is 0 Å². The van der Waals surface area contributed by atoms with Crippen molar-refractivity contribution < 1.29 is 12.8 Å². The molecule has 2 aromatic carbocycles. The Balaban J connectivity index is 2.08. The SMILES string of the molecule is CS(=O)(=O)c1nc(-c2ccccc2)c2c(N)n(-c3cccc(F)c3)nc2n1. The van der Waals surface area contributed by atoms with Crippen LogP contribution in [-0.2, 0) is 9.84 Å². The minimum Gasteiger partial charge on any atom is -0.383 e. The molecule has 27 heavy (non-hydrogen) atoms. The minimum absolute atomic E-state index is 0.117. The van der Waals surface area contributed by atoms with E-state index in [0.717, 1.165) is 6.26 Å². The third-order valence-corrected chi connectivity index (χ3v) is 4.83. The third-order valence-electron chi connectivity index (χ3n) is 3.98. The average Bonchev–Trinajstić information content (AvgIpc) is 2.98. The highest BCUT2D eigenvalue weighted by molar-refractivity contribution is 7.90. The molecule has 7 nitrogen and oxygen atoms in total. The lowest BCUT2D eigenvalue weighted by Gasteiger charge is -2.06. The second kappa shape index (κ2) is 6.13. The van der Waals surface area contributed by atoms with E-state index in [1.807, 2.05) is 6.07 Å². The van der Waals surface area contributed by atoms with Gasteiger partial charge in [-0.15, -0.1) is 5.10 Å². The van der Waals surface area contributed by atoms with Crippen LogP contribution in [0, 0.1) is 5.82 Å². The molecular formula is C18H14FN5O2S. The molecule has 2 aromatic heterocycles. The molecule has 4 rings (SSSR count). The van der Waals surface area contributed by atoms with Crippen molar-refractivity contribution in [2.45, 2.75) is 5.16 Å². The van der Waals surface area contributed by atoms with E-state index in [1.165, 1.54) is 22.9 Å². The largest absolute Gasteiger partial charge is 0.383 e. The molecule has 0 saturated heterocycles. The van der Waals surface area contributed by atoms with Gasteiger partial charge in [-0.25, -0.2) is 22.5 Å². The third kappa shape index (κ3) is 3.02. The number of anilines is 1. The molecule has 0 radical (unpaired) electrons.